The monoisotopic (exact) mass is 440 g/mol. The third-order valence-electron chi connectivity index (χ3n) is 5.04. The summed E-state index contributed by atoms with van der Waals surface area (Å²) in [5, 5.41) is 0.118. The number of nitrogens with zero attached hydrogens (tertiary/aromatic N) is 1. The third kappa shape index (κ3) is 5.49. The summed E-state index contributed by atoms with van der Waals surface area (Å²) in [4.78, 5) is 15.1. The summed E-state index contributed by atoms with van der Waals surface area (Å²) in [6, 6.07) is 22.0. The first-order chi connectivity index (χ1) is 14.7. The van der Waals surface area contributed by atoms with Gasteiger partial charge in [0, 0.05) is 12.6 Å². The normalized spacial score (nSPS) is 21.0. The van der Waals surface area contributed by atoms with Crippen LogP contribution in [0.4, 0.5) is 0 Å². The van der Waals surface area contributed by atoms with E-state index in [9.17, 15) is 4.79 Å². The maximum absolute atomic E-state index is 12.4. The Morgan fingerprint density at radius 2 is 1.67 bits per heavy atom. The minimum Gasteiger partial charge on any atom is -0.376 e. The van der Waals surface area contributed by atoms with Crippen molar-refractivity contribution in [3.05, 3.63) is 99.2 Å². The van der Waals surface area contributed by atoms with Crippen LogP contribution in [0.2, 0.25) is 0 Å². The Labute approximate surface area is 185 Å². The molecule has 1 aliphatic heterocycles. The van der Waals surface area contributed by atoms with Crippen LogP contribution in [0.3, 0.4) is 0 Å². The molecule has 0 aliphatic carbocycles. The molecular formula is C23H24N2O3S2. The lowest BCUT2D eigenvalue weighted by molar-refractivity contribution is 0.0135. The molecule has 156 valence electrons. The molecule has 1 N–H and O–H groups in total. The van der Waals surface area contributed by atoms with Gasteiger partial charge in [-0.3, -0.25) is 9.55 Å². The Morgan fingerprint density at radius 3 is 2.33 bits per heavy atom. The highest BCUT2D eigenvalue weighted by Crippen LogP contribution is 2.42. The molecule has 0 unspecified atom stereocenters. The lowest BCUT2D eigenvalue weighted by Gasteiger charge is -2.19. The van der Waals surface area contributed by atoms with E-state index in [0.717, 1.165) is 17.5 Å². The second-order valence-electron chi connectivity index (χ2n) is 7.22. The van der Waals surface area contributed by atoms with E-state index in [-0.39, 0.29) is 22.4 Å². The van der Waals surface area contributed by atoms with Gasteiger partial charge in [0.25, 0.3) is 0 Å². The molecule has 0 spiro atoms. The van der Waals surface area contributed by atoms with Crippen LogP contribution in [0.15, 0.2) is 77.7 Å². The van der Waals surface area contributed by atoms with E-state index in [2.05, 4.69) is 29.2 Å². The number of ether oxygens (including phenoxy) is 2. The number of aromatic amines is 1. The molecule has 0 amide bonds. The molecule has 1 aromatic heterocycles. The molecule has 2 aromatic carbocycles. The van der Waals surface area contributed by atoms with Crippen LogP contribution < -0.4 is 5.69 Å². The second-order valence-corrected chi connectivity index (χ2v) is 9.08. The molecule has 0 radical (unpaired) electrons. The number of hydrogen-bond donors (Lipinski definition) is 1. The molecule has 1 aliphatic rings. The summed E-state index contributed by atoms with van der Waals surface area (Å²) in [5.41, 5.74) is 2.09. The van der Waals surface area contributed by atoms with Gasteiger partial charge < -0.3 is 9.47 Å². The summed E-state index contributed by atoms with van der Waals surface area (Å²) in [5.74, 6) is 0. The zero-order valence-electron chi connectivity index (χ0n) is 16.5. The standard InChI is InChI=1S/C23H24N2O3S2/c26-23-24-21(29)11-12-25(23)22-13-19(28-15-18-9-5-2-6-10-18)20(30-22)16-27-14-17-7-3-1-4-8-17/h1-12,19-20,22H,13-16H2,(H,24,26,29)/t19-,20-,22+/m0/s1. The van der Waals surface area contributed by atoms with Crippen molar-refractivity contribution < 1.29 is 9.47 Å². The van der Waals surface area contributed by atoms with Crippen molar-refractivity contribution in [2.24, 2.45) is 0 Å². The summed E-state index contributed by atoms with van der Waals surface area (Å²) >= 11 is 6.78. The van der Waals surface area contributed by atoms with Gasteiger partial charge in [-0.2, -0.15) is 0 Å². The predicted molar refractivity (Wildman–Crippen MR) is 122 cm³/mol. The van der Waals surface area contributed by atoms with Gasteiger partial charge in [0.05, 0.1) is 36.5 Å². The summed E-state index contributed by atoms with van der Waals surface area (Å²) in [6.07, 6.45) is 2.49. The van der Waals surface area contributed by atoms with Crippen molar-refractivity contribution in [2.45, 2.75) is 36.4 Å². The molecule has 5 nitrogen and oxygen atoms in total. The Bertz CT molecular complexity index is 1050. The molecule has 0 bridgehead atoms. The highest BCUT2D eigenvalue weighted by Gasteiger charge is 2.37. The first-order valence-corrected chi connectivity index (χ1v) is 11.3. The first kappa shape index (κ1) is 21.1. The molecule has 1 fully saturated rings. The van der Waals surface area contributed by atoms with E-state index in [0.29, 0.717) is 24.5 Å². The van der Waals surface area contributed by atoms with Gasteiger partial charge in [0.1, 0.15) is 4.64 Å². The number of nitrogens with one attached hydrogen (secondary N) is 1. The molecule has 1 saturated heterocycles. The van der Waals surface area contributed by atoms with Crippen molar-refractivity contribution in [3.8, 4) is 0 Å². The molecule has 7 heteroatoms. The van der Waals surface area contributed by atoms with E-state index in [1.165, 1.54) is 0 Å². The van der Waals surface area contributed by atoms with Gasteiger partial charge in [-0.15, -0.1) is 11.8 Å². The number of thioether (sulfide) groups is 1. The van der Waals surface area contributed by atoms with Crippen molar-refractivity contribution >= 4 is 24.0 Å². The molecular weight excluding hydrogens is 416 g/mol. The van der Waals surface area contributed by atoms with Crippen LogP contribution in [-0.4, -0.2) is 27.5 Å². The number of benzene rings is 2. The van der Waals surface area contributed by atoms with Gasteiger partial charge >= 0.3 is 5.69 Å². The third-order valence-corrected chi connectivity index (χ3v) is 6.80. The number of hydrogen-bond acceptors (Lipinski definition) is 5. The highest BCUT2D eigenvalue weighted by atomic mass is 32.2. The molecule has 0 saturated carbocycles. The van der Waals surface area contributed by atoms with E-state index in [1.54, 1.807) is 28.6 Å². The van der Waals surface area contributed by atoms with Crippen LogP contribution in [0.5, 0.6) is 0 Å². The van der Waals surface area contributed by atoms with Gasteiger partial charge in [-0.1, -0.05) is 72.9 Å². The number of rotatable bonds is 8. The van der Waals surface area contributed by atoms with E-state index in [1.807, 2.05) is 36.4 Å². The maximum atomic E-state index is 12.4. The quantitative estimate of drug-likeness (QED) is 0.514. The molecule has 4 rings (SSSR count). The zero-order chi connectivity index (χ0) is 20.8. The largest absolute Gasteiger partial charge is 0.376 e. The van der Waals surface area contributed by atoms with E-state index in [4.69, 9.17) is 21.7 Å². The fraction of sp³-hybridized carbons (Fsp3) is 0.304. The Kier molecular flexibility index (Phi) is 7.17. The zero-order valence-corrected chi connectivity index (χ0v) is 18.1. The lowest BCUT2D eigenvalue weighted by atomic mass is 10.1. The smallest absolute Gasteiger partial charge is 0.327 e. The van der Waals surface area contributed by atoms with Crippen LogP contribution in [0.1, 0.15) is 22.9 Å². The molecule has 30 heavy (non-hydrogen) atoms. The molecule has 3 atom stereocenters. The fourth-order valence-corrected chi connectivity index (χ4v) is 5.18. The van der Waals surface area contributed by atoms with E-state index < -0.39 is 0 Å². The summed E-state index contributed by atoms with van der Waals surface area (Å²) in [6.45, 7) is 1.67. The second kappa shape index (κ2) is 10.2. The Balaban J connectivity index is 1.43. The van der Waals surface area contributed by atoms with Gasteiger partial charge in [0.2, 0.25) is 0 Å². The fourth-order valence-electron chi connectivity index (χ4n) is 3.50. The van der Waals surface area contributed by atoms with Crippen LogP contribution in [-0.2, 0) is 22.7 Å². The van der Waals surface area contributed by atoms with Crippen LogP contribution >= 0.6 is 24.0 Å². The van der Waals surface area contributed by atoms with Gasteiger partial charge in [-0.25, -0.2) is 4.79 Å². The van der Waals surface area contributed by atoms with Crippen molar-refractivity contribution in [3.63, 3.8) is 0 Å². The van der Waals surface area contributed by atoms with Crippen LogP contribution in [0.25, 0.3) is 0 Å². The Hall–Kier alpha value is -2.19. The predicted octanol–water partition coefficient (Wildman–Crippen LogP) is 4.71. The number of H-pyrrole nitrogens is 1. The summed E-state index contributed by atoms with van der Waals surface area (Å²) < 4.78 is 14.4. The van der Waals surface area contributed by atoms with E-state index >= 15 is 0 Å². The SMILES string of the molecule is O=c1[nH]c(=S)ccn1[C@H]1C[C@H](OCc2ccccc2)[C@H](COCc2ccccc2)S1. The highest BCUT2D eigenvalue weighted by molar-refractivity contribution is 8.00. The first-order valence-electron chi connectivity index (χ1n) is 9.93. The minimum atomic E-state index is -0.187. The molecule has 3 aromatic rings. The van der Waals surface area contributed by atoms with Crippen molar-refractivity contribution in [1.82, 2.24) is 9.55 Å². The van der Waals surface area contributed by atoms with Crippen molar-refractivity contribution in [2.75, 3.05) is 6.61 Å². The lowest BCUT2D eigenvalue weighted by Crippen LogP contribution is -2.26. The maximum Gasteiger partial charge on any atom is 0.327 e. The number of aromatic nitrogens is 2. The topological polar surface area (TPSA) is 56.2 Å². The average Bonchev–Trinajstić information content (AvgIpc) is 3.16. The minimum absolute atomic E-state index is 0.00828. The summed E-state index contributed by atoms with van der Waals surface area (Å²) in [7, 11) is 0. The molecule has 2 heterocycles. The van der Waals surface area contributed by atoms with Gasteiger partial charge in [-0.05, 0) is 17.2 Å². The Morgan fingerprint density at radius 1 is 1.00 bits per heavy atom. The average molecular weight is 441 g/mol. The van der Waals surface area contributed by atoms with Crippen molar-refractivity contribution in [1.29, 1.82) is 0 Å². The van der Waals surface area contributed by atoms with Gasteiger partial charge in [0.15, 0.2) is 0 Å². The van der Waals surface area contributed by atoms with Crippen LogP contribution in [0, 0.1) is 4.64 Å².